The maximum Gasteiger partial charge on any atom is 0.573 e. The van der Waals surface area contributed by atoms with E-state index in [1.54, 1.807) is 37.1 Å². The van der Waals surface area contributed by atoms with Crippen molar-refractivity contribution in [2.45, 2.75) is 25.9 Å². The highest BCUT2D eigenvalue weighted by atomic mass is 19.4. The summed E-state index contributed by atoms with van der Waals surface area (Å²) in [6, 6.07) is 10.2. The molecule has 0 aliphatic carbocycles. The standard InChI is InChI=1S/C19H19F3N2O4/c1-12(18(25)23-14-5-8-16-17(9-14)27-11-26-16)24(2)10-13-3-6-15(7-4-13)28-19(20,21)22/h3-9,12H,10-11H2,1-2H3,(H,23,25). The predicted molar refractivity (Wildman–Crippen MR) is 95.2 cm³/mol. The van der Waals surface area contributed by atoms with Crippen LogP contribution >= 0.6 is 0 Å². The summed E-state index contributed by atoms with van der Waals surface area (Å²) in [6.07, 6.45) is -4.72. The fraction of sp³-hybridized carbons (Fsp3) is 0.316. The molecule has 28 heavy (non-hydrogen) atoms. The fourth-order valence-corrected chi connectivity index (χ4v) is 2.64. The van der Waals surface area contributed by atoms with Crippen LogP contribution in [0, 0.1) is 0 Å². The quantitative estimate of drug-likeness (QED) is 0.806. The molecule has 2 aromatic rings. The van der Waals surface area contributed by atoms with E-state index in [9.17, 15) is 18.0 Å². The minimum absolute atomic E-state index is 0.151. The lowest BCUT2D eigenvalue weighted by atomic mass is 10.1. The highest BCUT2D eigenvalue weighted by molar-refractivity contribution is 5.94. The van der Waals surface area contributed by atoms with Gasteiger partial charge in [-0.3, -0.25) is 9.69 Å². The van der Waals surface area contributed by atoms with Gasteiger partial charge in [-0.1, -0.05) is 12.1 Å². The van der Waals surface area contributed by atoms with E-state index in [1.165, 1.54) is 24.3 Å². The summed E-state index contributed by atoms with van der Waals surface area (Å²) >= 11 is 0. The van der Waals surface area contributed by atoms with Gasteiger partial charge in [0.2, 0.25) is 12.7 Å². The summed E-state index contributed by atoms with van der Waals surface area (Å²) in [6.45, 7) is 2.27. The Hall–Kier alpha value is -2.94. The smallest absolute Gasteiger partial charge is 0.454 e. The zero-order valence-electron chi connectivity index (χ0n) is 15.2. The number of likely N-dealkylation sites (N-methyl/N-ethyl adjacent to an activating group) is 1. The SMILES string of the molecule is CC(C(=O)Nc1ccc2c(c1)OCO2)N(C)Cc1ccc(OC(F)(F)F)cc1. The van der Waals surface area contributed by atoms with Gasteiger partial charge in [0.1, 0.15) is 5.75 Å². The van der Waals surface area contributed by atoms with E-state index < -0.39 is 12.4 Å². The van der Waals surface area contributed by atoms with Gasteiger partial charge in [0.05, 0.1) is 6.04 Å². The van der Waals surface area contributed by atoms with Gasteiger partial charge in [0.15, 0.2) is 11.5 Å². The number of ether oxygens (including phenoxy) is 3. The molecule has 1 unspecified atom stereocenters. The number of nitrogens with one attached hydrogen (secondary N) is 1. The Bertz CT molecular complexity index is 840. The Morgan fingerprint density at radius 2 is 1.86 bits per heavy atom. The number of amides is 1. The van der Waals surface area contributed by atoms with Crippen molar-refractivity contribution in [3.8, 4) is 17.2 Å². The number of halogens is 3. The molecule has 1 atom stereocenters. The van der Waals surface area contributed by atoms with Crippen LogP contribution in [0.25, 0.3) is 0 Å². The van der Waals surface area contributed by atoms with Crippen molar-refractivity contribution in [2.24, 2.45) is 0 Å². The number of fused-ring (bicyclic) bond motifs is 1. The normalized spacial score (nSPS) is 14.1. The Morgan fingerprint density at radius 3 is 2.54 bits per heavy atom. The van der Waals surface area contributed by atoms with Gasteiger partial charge in [0.25, 0.3) is 0 Å². The minimum atomic E-state index is -4.72. The number of nitrogens with zero attached hydrogens (tertiary/aromatic N) is 1. The highest BCUT2D eigenvalue weighted by Gasteiger charge is 2.31. The Kier molecular flexibility index (Phi) is 5.64. The highest BCUT2D eigenvalue weighted by Crippen LogP contribution is 2.34. The molecule has 2 aromatic carbocycles. The van der Waals surface area contributed by atoms with Crippen LogP contribution in [-0.2, 0) is 11.3 Å². The zero-order valence-corrected chi connectivity index (χ0v) is 15.2. The average molecular weight is 396 g/mol. The number of carbonyl (C=O) groups is 1. The summed E-state index contributed by atoms with van der Waals surface area (Å²) in [5.41, 5.74) is 1.34. The van der Waals surface area contributed by atoms with Crippen molar-refractivity contribution in [3.05, 3.63) is 48.0 Å². The summed E-state index contributed by atoms with van der Waals surface area (Å²) in [4.78, 5) is 14.3. The number of benzene rings is 2. The molecule has 1 amide bonds. The third kappa shape index (κ3) is 5.07. The number of anilines is 1. The number of hydrogen-bond acceptors (Lipinski definition) is 5. The molecule has 150 valence electrons. The summed E-state index contributed by atoms with van der Waals surface area (Å²) < 4.78 is 51.0. The molecule has 1 heterocycles. The van der Waals surface area contributed by atoms with Crippen molar-refractivity contribution >= 4 is 11.6 Å². The van der Waals surface area contributed by atoms with Crippen LogP contribution in [0.1, 0.15) is 12.5 Å². The van der Waals surface area contributed by atoms with Gasteiger partial charge in [0, 0.05) is 18.3 Å². The first-order valence-electron chi connectivity index (χ1n) is 8.47. The molecule has 0 saturated heterocycles. The molecule has 1 aliphatic rings. The van der Waals surface area contributed by atoms with Crippen LogP contribution in [-0.4, -0.2) is 37.1 Å². The van der Waals surface area contributed by atoms with Crippen molar-refractivity contribution < 1.29 is 32.2 Å². The first-order valence-corrected chi connectivity index (χ1v) is 8.47. The molecule has 1 aliphatic heterocycles. The Balaban J connectivity index is 1.56. The molecule has 0 bridgehead atoms. The second-order valence-electron chi connectivity index (χ2n) is 6.34. The third-order valence-corrected chi connectivity index (χ3v) is 4.27. The first-order chi connectivity index (χ1) is 13.2. The Labute approximate surface area is 159 Å². The van der Waals surface area contributed by atoms with Crippen LogP contribution in [0.2, 0.25) is 0 Å². The van der Waals surface area contributed by atoms with E-state index in [4.69, 9.17) is 9.47 Å². The van der Waals surface area contributed by atoms with Gasteiger partial charge in [-0.15, -0.1) is 13.2 Å². The third-order valence-electron chi connectivity index (χ3n) is 4.27. The zero-order chi connectivity index (χ0) is 20.3. The molecule has 0 saturated carbocycles. The van der Waals surface area contributed by atoms with E-state index in [-0.39, 0.29) is 18.4 Å². The van der Waals surface area contributed by atoms with Crippen molar-refractivity contribution in [3.63, 3.8) is 0 Å². The molecule has 0 aromatic heterocycles. The molecule has 0 fully saturated rings. The summed E-state index contributed by atoms with van der Waals surface area (Å²) in [5, 5.41) is 2.81. The lowest BCUT2D eigenvalue weighted by molar-refractivity contribution is -0.274. The predicted octanol–water partition coefficient (Wildman–Crippen LogP) is 3.77. The molecule has 3 rings (SSSR count). The van der Waals surface area contributed by atoms with E-state index in [1.807, 2.05) is 0 Å². The minimum Gasteiger partial charge on any atom is -0.454 e. The average Bonchev–Trinajstić information content (AvgIpc) is 3.09. The van der Waals surface area contributed by atoms with Crippen molar-refractivity contribution in [1.82, 2.24) is 4.90 Å². The number of hydrogen-bond donors (Lipinski definition) is 1. The largest absolute Gasteiger partial charge is 0.573 e. The fourth-order valence-electron chi connectivity index (χ4n) is 2.64. The van der Waals surface area contributed by atoms with Crippen LogP contribution in [0.5, 0.6) is 17.2 Å². The van der Waals surface area contributed by atoms with E-state index >= 15 is 0 Å². The Morgan fingerprint density at radius 1 is 1.18 bits per heavy atom. The molecule has 0 spiro atoms. The van der Waals surface area contributed by atoms with Gasteiger partial charge in [-0.25, -0.2) is 0 Å². The molecule has 6 nitrogen and oxygen atoms in total. The van der Waals surface area contributed by atoms with Crippen molar-refractivity contribution in [2.75, 3.05) is 19.2 Å². The van der Waals surface area contributed by atoms with Gasteiger partial charge < -0.3 is 19.5 Å². The van der Waals surface area contributed by atoms with E-state index in [0.717, 1.165) is 5.56 Å². The number of carbonyl (C=O) groups excluding carboxylic acids is 1. The molecular weight excluding hydrogens is 377 g/mol. The van der Waals surface area contributed by atoms with Crippen LogP contribution in [0.3, 0.4) is 0 Å². The van der Waals surface area contributed by atoms with Crippen molar-refractivity contribution in [1.29, 1.82) is 0 Å². The molecule has 9 heteroatoms. The van der Waals surface area contributed by atoms with Crippen LogP contribution in [0.15, 0.2) is 42.5 Å². The van der Waals surface area contributed by atoms with E-state index in [2.05, 4.69) is 10.1 Å². The van der Waals surface area contributed by atoms with E-state index in [0.29, 0.717) is 23.7 Å². The van der Waals surface area contributed by atoms with Gasteiger partial charge in [-0.2, -0.15) is 0 Å². The van der Waals surface area contributed by atoms with Gasteiger partial charge in [-0.05, 0) is 43.8 Å². The first kappa shape index (κ1) is 19.8. The summed E-state index contributed by atoms with van der Waals surface area (Å²) in [7, 11) is 1.75. The maximum absolute atomic E-state index is 12.5. The lowest BCUT2D eigenvalue weighted by Crippen LogP contribution is -2.39. The topological polar surface area (TPSA) is 60.0 Å². The number of rotatable bonds is 6. The van der Waals surface area contributed by atoms with Crippen LogP contribution in [0.4, 0.5) is 18.9 Å². The maximum atomic E-state index is 12.5. The lowest BCUT2D eigenvalue weighted by Gasteiger charge is -2.24. The molecule has 0 radical (unpaired) electrons. The second-order valence-corrected chi connectivity index (χ2v) is 6.34. The monoisotopic (exact) mass is 396 g/mol. The number of alkyl halides is 3. The molecular formula is C19H19F3N2O4. The summed E-state index contributed by atoms with van der Waals surface area (Å²) in [5.74, 6) is 0.687. The molecule has 1 N–H and O–H groups in total. The van der Waals surface area contributed by atoms with Gasteiger partial charge >= 0.3 is 6.36 Å². The second kappa shape index (κ2) is 7.97. The van der Waals surface area contributed by atoms with Crippen LogP contribution < -0.4 is 19.5 Å².